The molecule has 2 aliphatic heterocycles. The molecule has 1 atom stereocenters. The lowest BCUT2D eigenvalue weighted by Gasteiger charge is -2.34. The molecule has 2 heterocycles. The molecule has 1 saturated carbocycles. The van der Waals surface area contributed by atoms with E-state index in [-0.39, 0.29) is 11.2 Å². The first kappa shape index (κ1) is 20.6. The van der Waals surface area contributed by atoms with Gasteiger partial charge in [-0.3, -0.25) is 4.99 Å². The molecule has 29 heavy (non-hydrogen) atoms. The quantitative estimate of drug-likeness (QED) is 0.559. The molecule has 0 amide bonds. The fourth-order valence-corrected chi connectivity index (χ4v) is 4.46. The summed E-state index contributed by atoms with van der Waals surface area (Å²) in [7, 11) is 0. The molecule has 3 fully saturated rings. The van der Waals surface area contributed by atoms with E-state index >= 15 is 0 Å². The number of likely N-dealkylation sites (tertiary alicyclic amines) is 1. The molecular formula is C23H34FN3O2. The van der Waals surface area contributed by atoms with Gasteiger partial charge in [0.2, 0.25) is 0 Å². The van der Waals surface area contributed by atoms with Crippen molar-refractivity contribution in [1.29, 1.82) is 0 Å². The smallest absolute Gasteiger partial charge is 0.193 e. The number of hydrogen-bond acceptors (Lipinski definition) is 3. The van der Waals surface area contributed by atoms with Gasteiger partial charge in [-0.1, -0.05) is 18.2 Å². The summed E-state index contributed by atoms with van der Waals surface area (Å²) in [4.78, 5) is 7.25. The van der Waals surface area contributed by atoms with E-state index < -0.39 is 0 Å². The molecule has 2 saturated heterocycles. The summed E-state index contributed by atoms with van der Waals surface area (Å²) < 4.78 is 26.0. The number of hydrogen-bond donors (Lipinski definition) is 1. The summed E-state index contributed by atoms with van der Waals surface area (Å²) >= 11 is 0. The molecule has 5 nitrogen and oxygen atoms in total. The maximum Gasteiger partial charge on any atom is 0.193 e. The van der Waals surface area contributed by atoms with E-state index in [2.05, 4.69) is 17.1 Å². The Balaban J connectivity index is 1.31. The highest BCUT2D eigenvalue weighted by Crippen LogP contribution is 2.49. The van der Waals surface area contributed by atoms with Crippen LogP contribution < -0.4 is 5.32 Å². The zero-order valence-corrected chi connectivity index (χ0v) is 17.5. The van der Waals surface area contributed by atoms with Crippen LogP contribution in [0.15, 0.2) is 29.3 Å². The van der Waals surface area contributed by atoms with Gasteiger partial charge in [0.1, 0.15) is 5.82 Å². The van der Waals surface area contributed by atoms with Crippen LogP contribution in [0.1, 0.15) is 51.0 Å². The van der Waals surface area contributed by atoms with Crippen LogP contribution in [0.4, 0.5) is 4.39 Å². The molecule has 0 spiro atoms. The zero-order valence-electron chi connectivity index (χ0n) is 17.5. The maximum atomic E-state index is 14.3. The largest absolute Gasteiger partial charge is 0.376 e. The van der Waals surface area contributed by atoms with Gasteiger partial charge < -0.3 is 19.7 Å². The Labute approximate surface area is 173 Å². The van der Waals surface area contributed by atoms with Crippen molar-refractivity contribution in [2.75, 3.05) is 39.4 Å². The van der Waals surface area contributed by atoms with Crippen LogP contribution in [-0.2, 0) is 14.9 Å². The predicted octanol–water partition coefficient (Wildman–Crippen LogP) is 3.48. The Morgan fingerprint density at radius 1 is 1.28 bits per heavy atom. The molecule has 0 radical (unpaired) electrons. The van der Waals surface area contributed by atoms with Crippen LogP contribution in [0.25, 0.3) is 0 Å². The highest BCUT2D eigenvalue weighted by atomic mass is 19.1. The minimum absolute atomic E-state index is 0.102. The standard InChI is InChI=1S/C23H34FN3O2/c1-2-25-22(26-17-23(11-12-23)20-7-3-4-8-21(20)24)27-13-9-18(10-14-27)29-16-19-6-5-15-28-19/h3-4,7-8,18-19H,2,5-6,9-17H2,1H3,(H,25,26). The summed E-state index contributed by atoms with van der Waals surface area (Å²) in [5.41, 5.74) is 0.704. The number of ether oxygens (including phenoxy) is 2. The van der Waals surface area contributed by atoms with Gasteiger partial charge in [-0.25, -0.2) is 4.39 Å². The summed E-state index contributed by atoms with van der Waals surface area (Å²) in [6.07, 6.45) is 6.92. The minimum atomic E-state index is -0.116. The molecule has 0 bridgehead atoms. The zero-order chi connectivity index (χ0) is 20.1. The van der Waals surface area contributed by atoms with Gasteiger partial charge in [0.05, 0.1) is 25.4 Å². The van der Waals surface area contributed by atoms with E-state index in [0.29, 0.717) is 18.8 Å². The molecule has 1 unspecified atom stereocenters. The van der Waals surface area contributed by atoms with Crippen LogP contribution in [0.5, 0.6) is 0 Å². The van der Waals surface area contributed by atoms with Gasteiger partial charge in [0.25, 0.3) is 0 Å². The molecule has 1 aromatic carbocycles. The van der Waals surface area contributed by atoms with Gasteiger partial charge in [-0.15, -0.1) is 0 Å². The van der Waals surface area contributed by atoms with Gasteiger partial charge in [0.15, 0.2) is 5.96 Å². The lowest BCUT2D eigenvalue weighted by atomic mass is 9.95. The number of nitrogens with one attached hydrogen (secondary N) is 1. The fourth-order valence-electron chi connectivity index (χ4n) is 4.46. The third-order valence-electron chi connectivity index (χ3n) is 6.45. The number of rotatable bonds is 7. The van der Waals surface area contributed by atoms with Crippen molar-refractivity contribution in [1.82, 2.24) is 10.2 Å². The monoisotopic (exact) mass is 403 g/mol. The lowest BCUT2D eigenvalue weighted by molar-refractivity contribution is -0.0367. The van der Waals surface area contributed by atoms with Crippen molar-refractivity contribution >= 4 is 5.96 Å². The van der Waals surface area contributed by atoms with Crippen molar-refractivity contribution < 1.29 is 13.9 Å². The van der Waals surface area contributed by atoms with E-state index in [1.165, 1.54) is 0 Å². The molecule has 160 valence electrons. The van der Waals surface area contributed by atoms with Crippen molar-refractivity contribution in [3.8, 4) is 0 Å². The van der Waals surface area contributed by atoms with Gasteiger partial charge >= 0.3 is 0 Å². The Bertz CT molecular complexity index is 693. The average Bonchev–Trinajstić information content (AvgIpc) is 3.34. The topological polar surface area (TPSA) is 46.1 Å². The first-order valence-corrected chi connectivity index (χ1v) is 11.2. The summed E-state index contributed by atoms with van der Waals surface area (Å²) in [5.74, 6) is 0.849. The van der Waals surface area contributed by atoms with Crippen LogP contribution in [0.3, 0.4) is 0 Å². The summed E-state index contributed by atoms with van der Waals surface area (Å²) in [6, 6.07) is 7.16. The minimum Gasteiger partial charge on any atom is -0.376 e. The molecule has 1 aliphatic carbocycles. The number of benzene rings is 1. The molecule has 0 aromatic heterocycles. The fraction of sp³-hybridized carbons (Fsp3) is 0.696. The normalized spacial score (nSPS) is 24.7. The van der Waals surface area contributed by atoms with E-state index in [4.69, 9.17) is 14.5 Å². The van der Waals surface area contributed by atoms with Crippen LogP contribution in [0.2, 0.25) is 0 Å². The Kier molecular flexibility index (Phi) is 6.70. The molecule has 4 rings (SSSR count). The van der Waals surface area contributed by atoms with Crippen molar-refractivity contribution in [3.63, 3.8) is 0 Å². The second-order valence-electron chi connectivity index (χ2n) is 8.59. The van der Waals surface area contributed by atoms with E-state index in [0.717, 1.165) is 82.9 Å². The Morgan fingerprint density at radius 3 is 2.72 bits per heavy atom. The summed E-state index contributed by atoms with van der Waals surface area (Å²) in [6.45, 7) is 7.06. The first-order valence-electron chi connectivity index (χ1n) is 11.2. The van der Waals surface area contributed by atoms with Crippen LogP contribution in [-0.4, -0.2) is 62.5 Å². The Hall–Kier alpha value is -1.66. The van der Waals surface area contributed by atoms with Gasteiger partial charge in [0, 0.05) is 31.7 Å². The Morgan fingerprint density at radius 2 is 2.07 bits per heavy atom. The molecule has 6 heteroatoms. The second kappa shape index (κ2) is 9.43. The lowest BCUT2D eigenvalue weighted by Crippen LogP contribution is -2.47. The van der Waals surface area contributed by atoms with E-state index in [1.54, 1.807) is 12.1 Å². The van der Waals surface area contributed by atoms with Crippen molar-refractivity contribution in [3.05, 3.63) is 35.6 Å². The number of aliphatic imine (C=N–C) groups is 1. The molecule has 1 aromatic rings. The number of guanidine groups is 1. The molecular weight excluding hydrogens is 369 g/mol. The first-order chi connectivity index (χ1) is 14.2. The average molecular weight is 404 g/mol. The third kappa shape index (κ3) is 5.10. The van der Waals surface area contributed by atoms with Crippen molar-refractivity contribution in [2.24, 2.45) is 4.99 Å². The number of nitrogens with zero attached hydrogens (tertiary/aromatic N) is 2. The molecule has 1 N–H and O–H groups in total. The second-order valence-corrected chi connectivity index (χ2v) is 8.59. The predicted molar refractivity (Wildman–Crippen MR) is 113 cm³/mol. The highest BCUT2D eigenvalue weighted by Gasteiger charge is 2.46. The van der Waals surface area contributed by atoms with Gasteiger partial charge in [-0.2, -0.15) is 0 Å². The van der Waals surface area contributed by atoms with E-state index in [9.17, 15) is 4.39 Å². The van der Waals surface area contributed by atoms with Crippen LogP contribution in [0, 0.1) is 5.82 Å². The van der Waals surface area contributed by atoms with Crippen molar-refractivity contribution in [2.45, 2.75) is 63.1 Å². The summed E-state index contributed by atoms with van der Waals surface area (Å²) in [5, 5.41) is 3.43. The maximum absolute atomic E-state index is 14.3. The third-order valence-corrected chi connectivity index (χ3v) is 6.45. The molecule has 3 aliphatic rings. The SMILES string of the molecule is CCNC(=NCC1(c2ccccc2F)CC1)N1CCC(OCC2CCCO2)CC1. The van der Waals surface area contributed by atoms with Crippen LogP contribution >= 0.6 is 0 Å². The van der Waals surface area contributed by atoms with Gasteiger partial charge in [-0.05, 0) is 57.1 Å². The highest BCUT2D eigenvalue weighted by molar-refractivity contribution is 5.80. The number of piperidine rings is 1. The number of halogens is 1. The van der Waals surface area contributed by atoms with E-state index in [1.807, 2.05) is 12.1 Å².